The zero-order valence-electron chi connectivity index (χ0n) is 13.9. The molecule has 1 N–H and O–H groups in total. The van der Waals surface area contributed by atoms with Crippen molar-refractivity contribution in [3.63, 3.8) is 0 Å². The Morgan fingerprint density at radius 3 is 2.61 bits per heavy atom. The van der Waals surface area contributed by atoms with E-state index in [0.717, 1.165) is 0 Å². The van der Waals surface area contributed by atoms with Crippen LogP contribution in [0.4, 0.5) is 0 Å². The molecule has 1 amide bonds. The Morgan fingerprint density at radius 1 is 1.30 bits per heavy atom. The highest BCUT2D eigenvalue weighted by molar-refractivity contribution is 5.95. The van der Waals surface area contributed by atoms with Crippen LogP contribution in [-0.4, -0.2) is 54.8 Å². The Morgan fingerprint density at radius 2 is 2.04 bits per heavy atom. The summed E-state index contributed by atoms with van der Waals surface area (Å²) in [6, 6.07) is 6.47. The molecule has 0 bridgehead atoms. The third kappa shape index (κ3) is 5.56. The van der Waals surface area contributed by atoms with Crippen molar-refractivity contribution in [1.29, 1.82) is 0 Å². The molecule has 0 saturated heterocycles. The van der Waals surface area contributed by atoms with E-state index >= 15 is 0 Å². The zero-order valence-corrected chi connectivity index (χ0v) is 13.9. The Labute approximate surface area is 137 Å². The molecule has 1 aromatic carbocycles. The second-order valence-electron chi connectivity index (χ2n) is 5.03. The minimum Gasteiger partial charge on any atom is -0.497 e. The first kappa shape index (κ1) is 19.0. The second-order valence-corrected chi connectivity index (χ2v) is 5.03. The molecular formula is C17H25NO5. The number of hydrogen-bond acceptors (Lipinski definition) is 5. The number of ether oxygens (including phenoxy) is 2. The number of carbonyl (C=O) groups excluding carboxylic acids is 2. The van der Waals surface area contributed by atoms with Gasteiger partial charge in [0.1, 0.15) is 5.75 Å². The maximum absolute atomic E-state index is 12.7. The van der Waals surface area contributed by atoms with E-state index in [9.17, 15) is 14.7 Å². The van der Waals surface area contributed by atoms with Crippen LogP contribution in [-0.2, 0) is 9.53 Å². The molecule has 1 unspecified atom stereocenters. The first-order valence-corrected chi connectivity index (χ1v) is 7.78. The first-order valence-electron chi connectivity index (χ1n) is 7.78. The van der Waals surface area contributed by atoms with E-state index in [1.165, 1.54) is 12.0 Å². The molecule has 0 aliphatic heterocycles. The number of aliphatic hydroxyl groups excluding tert-OH is 1. The van der Waals surface area contributed by atoms with Crippen LogP contribution in [0.15, 0.2) is 24.3 Å². The van der Waals surface area contributed by atoms with Crippen molar-refractivity contribution in [2.75, 3.05) is 26.9 Å². The highest BCUT2D eigenvalue weighted by atomic mass is 16.5. The van der Waals surface area contributed by atoms with Gasteiger partial charge in [0.05, 0.1) is 32.8 Å². The highest BCUT2D eigenvalue weighted by Crippen LogP contribution is 2.17. The van der Waals surface area contributed by atoms with Crippen molar-refractivity contribution >= 4 is 11.9 Å². The van der Waals surface area contributed by atoms with Crippen molar-refractivity contribution in [2.45, 2.75) is 32.7 Å². The summed E-state index contributed by atoms with van der Waals surface area (Å²) in [7, 11) is 1.53. The lowest BCUT2D eigenvalue weighted by molar-refractivity contribution is -0.143. The molecule has 6 nitrogen and oxygen atoms in total. The lowest BCUT2D eigenvalue weighted by Crippen LogP contribution is -2.43. The molecule has 6 heteroatoms. The van der Waals surface area contributed by atoms with Gasteiger partial charge in [-0.25, -0.2) is 0 Å². The average molecular weight is 323 g/mol. The van der Waals surface area contributed by atoms with Crippen LogP contribution in [0.2, 0.25) is 0 Å². The van der Waals surface area contributed by atoms with Crippen LogP contribution in [0.5, 0.6) is 5.75 Å². The first-order chi connectivity index (χ1) is 11.1. The van der Waals surface area contributed by atoms with Gasteiger partial charge in [-0.1, -0.05) is 13.0 Å². The number of aliphatic hydroxyl groups is 1. The normalized spacial score (nSPS) is 11.7. The average Bonchev–Trinajstić information content (AvgIpc) is 2.58. The number of methoxy groups -OCH3 is 1. The quantitative estimate of drug-likeness (QED) is 0.702. The molecule has 0 aromatic heterocycles. The van der Waals surface area contributed by atoms with E-state index < -0.39 is 0 Å². The summed E-state index contributed by atoms with van der Waals surface area (Å²) in [4.78, 5) is 25.8. The fourth-order valence-electron chi connectivity index (χ4n) is 2.26. The van der Waals surface area contributed by atoms with Gasteiger partial charge in [-0.3, -0.25) is 9.59 Å². The molecule has 23 heavy (non-hydrogen) atoms. The molecule has 0 fully saturated rings. The monoisotopic (exact) mass is 323 g/mol. The molecule has 0 saturated carbocycles. The van der Waals surface area contributed by atoms with Gasteiger partial charge in [0, 0.05) is 12.1 Å². The maximum Gasteiger partial charge on any atom is 0.307 e. The van der Waals surface area contributed by atoms with Gasteiger partial charge in [-0.2, -0.15) is 0 Å². The van der Waals surface area contributed by atoms with Crippen molar-refractivity contribution < 1.29 is 24.2 Å². The van der Waals surface area contributed by atoms with Gasteiger partial charge in [0.2, 0.25) is 0 Å². The standard InChI is InChI=1S/C17H25NO5/c1-4-14(12-19)18(10-9-16(20)23-5-2)17(21)13-7-6-8-15(11-13)22-3/h6-8,11,14,19H,4-5,9-10,12H2,1-3H3. The fourth-order valence-corrected chi connectivity index (χ4v) is 2.26. The van der Waals surface area contributed by atoms with Gasteiger partial charge >= 0.3 is 5.97 Å². The second kappa shape index (κ2) is 9.84. The van der Waals surface area contributed by atoms with Crippen molar-refractivity contribution in [2.24, 2.45) is 0 Å². The third-order valence-corrected chi connectivity index (χ3v) is 3.56. The number of rotatable bonds is 9. The van der Waals surface area contributed by atoms with Gasteiger partial charge in [-0.05, 0) is 31.5 Å². The summed E-state index contributed by atoms with van der Waals surface area (Å²) in [6.45, 7) is 3.97. The van der Waals surface area contributed by atoms with Crippen LogP contribution in [0.25, 0.3) is 0 Å². The Balaban J connectivity index is 2.93. The predicted octanol–water partition coefficient (Wildman–Crippen LogP) is 1.86. The van der Waals surface area contributed by atoms with E-state index in [0.29, 0.717) is 24.3 Å². The van der Waals surface area contributed by atoms with Crippen LogP contribution in [0, 0.1) is 0 Å². The summed E-state index contributed by atoms with van der Waals surface area (Å²) in [5.41, 5.74) is 0.458. The third-order valence-electron chi connectivity index (χ3n) is 3.56. The highest BCUT2D eigenvalue weighted by Gasteiger charge is 2.24. The zero-order chi connectivity index (χ0) is 17.2. The fraction of sp³-hybridized carbons (Fsp3) is 0.529. The molecule has 0 aliphatic carbocycles. The molecule has 0 radical (unpaired) electrons. The van der Waals surface area contributed by atoms with Crippen LogP contribution in [0.1, 0.15) is 37.0 Å². The number of benzene rings is 1. The molecule has 0 heterocycles. The SMILES string of the molecule is CCOC(=O)CCN(C(=O)c1cccc(OC)c1)C(CC)CO. The topological polar surface area (TPSA) is 76.1 Å². The minimum absolute atomic E-state index is 0.0973. The molecule has 1 rings (SSSR count). The molecule has 1 aromatic rings. The number of amides is 1. The van der Waals surface area contributed by atoms with Gasteiger partial charge in [0.25, 0.3) is 5.91 Å². The van der Waals surface area contributed by atoms with E-state index in [2.05, 4.69) is 0 Å². The number of hydrogen-bond donors (Lipinski definition) is 1. The summed E-state index contributed by atoms with van der Waals surface area (Å²) in [6.07, 6.45) is 0.690. The molecule has 0 spiro atoms. The predicted molar refractivity (Wildman–Crippen MR) is 86.4 cm³/mol. The lowest BCUT2D eigenvalue weighted by Gasteiger charge is -2.30. The molecule has 1 atom stereocenters. The van der Waals surface area contributed by atoms with Gasteiger partial charge in [-0.15, -0.1) is 0 Å². The lowest BCUT2D eigenvalue weighted by atomic mass is 10.1. The van der Waals surface area contributed by atoms with E-state index in [4.69, 9.17) is 9.47 Å². The Kier molecular flexibility index (Phi) is 8.11. The number of esters is 1. The summed E-state index contributed by atoms with van der Waals surface area (Å²) in [5.74, 6) is -0.0175. The van der Waals surface area contributed by atoms with Crippen LogP contribution in [0.3, 0.4) is 0 Å². The minimum atomic E-state index is -0.358. The molecular weight excluding hydrogens is 298 g/mol. The van der Waals surface area contributed by atoms with Crippen molar-refractivity contribution in [1.82, 2.24) is 4.90 Å². The molecule has 0 aliphatic rings. The summed E-state index contributed by atoms with van der Waals surface area (Å²) < 4.78 is 10.0. The summed E-state index contributed by atoms with van der Waals surface area (Å²) in [5, 5.41) is 9.53. The van der Waals surface area contributed by atoms with E-state index in [1.807, 2.05) is 6.92 Å². The Bertz CT molecular complexity index is 513. The van der Waals surface area contributed by atoms with Crippen LogP contribution >= 0.6 is 0 Å². The van der Waals surface area contributed by atoms with Crippen LogP contribution < -0.4 is 4.74 Å². The smallest absolute Gasteiger partial charge is 0.307 e. The van der Waals surface area contributed by atoms with Gasteiger partial charge in [0.15, 0.2) is 0 Å². The van der Waals surface area contributed by atoms with E-state index in [-0.39, 0.29) is 37.5 Å². The largest absolute Gasteiger partial charge is 0.497 e. The van der Waals surface area contributed by atoms with Gasteiger partial charge < -0.3 is 19.5 Å². The van der Waals surface area contributed by atoms with Crippen molar-refractivity contribution in [3.8, 4) is 5.75 Å². The van der Waals surface area contributed by atoms with Crippen molar-refractivity contribution in [3.05, 3.63) is 29.8 Å². The Hall–Kier alpha value is -2.08. The maximum atomic E-state index is 12.7. The number of nitrogens with zero attached hydrogens (tertiary/aromatic N) is 1. The summed E-state index contributed by atoms with van der Waals surface area (Å²) >= 11 is 0. The number of carbonyl (C=O) groups is 2. The van der Waals surface area contributed by atoms with E-state index in [1.54, 1.807) is 31.2 Å². The molecule has 128 valence electrons.